The summed E-state index contributed by atoms with van der Waals surface area (Å²) in [6.07, 6.45) is 0.781. The van der Waals surface area contributed by atoms with E-state index < -0.39 is 11.7 Å². The Morgan fingerprint density at radius 1 is 1.29 bits per heavy atom. The van der Waals surface area contributed by atoms with Crippen LogP contribution in [0.4, 0.5) is 10.7 Å². The summed E-state index contributed by atoms with van der Waals surface area (Å²) in [6, 6.07) is 7.46. The minimum atomic E-state index is -0.604. The fraction of sp³-hybridized carbons (Fsp3) is 0.500. The van der Waals surface area contributed by atoms with Gasteiger partial charge >= 0.3 is 6.09 Å². The van der Waals surface area contributed by atoms with E-state index in [1.807, 2.05) is 52.0 Å². The summed E-state index contributed by atoms with van der Waals surface area (Å²) < 4.78 is 6.58. The highest BCUT2D eigenvalue weighted by Gasteiger charge is 2.30. The maximum absolute atomic E-state index is 13.1. The molecule has 0 aliphatic carbocycles. The van der Waals surface area contributed by atoms with E-state index in [-0.39, 0.29) is 18.1 Å². The minimum absolute atomic E-state index is 0.0783. The molecule has 1 aromatic carbocycles. The summed E-state index contributed by atoms with van der Waals surface area (Å²) in [6.45, 7) is 8.03. The third-order valence-corrected chi connectivity index (χ3v) is 5.26. The Labute approximate surface area is 187 Å². The van der Waals surface area contributed by atoms with Gasteiger partial charge in [-0.1, -0.05) is 30.7 Å². The average molecular weight is 449 g/mol. The third kappa shape index (κ3) is 5.31. The van der Waals surface area contributed by atoms with E-state index in [1.165, 1.54) is 12.0 Å². The number of anilines is 1. The molecule has 2 heterocycles. The Morgan fingerprint density at radius 2 is 1.97 bits per heavy atom. The van der Waals surface area contributed by atoms with Crippen molar-refractivity contribution < 1.29 is 14.4 Å². The Kier molecular flexibility index (Phi) is 6.79. The van der Waals surface area contributed by atoms with Crippen LogP contribution in [0.15, 0.2) is 29.1 Å². The number of halogens is 1. The second-order valence-corrected chi connectivity index (χ2v) is 8.89. The van der Waals surface area contributed by atoms with Crippen LogP contribution in [-0.4, -0.2) is 40.0 Å². The molecule has 1 aliphatic heterocycles. The molecule has 1 atom stereocenters. The lowest BCUT2D eigenvalue weighted by atomic mass is 10.0. The van der Waals surface area contributed by atoms with Crippen molar-refractivity contribution in [2.45, 2.75) is 58.7 Å². The van der Waals surface area contributed by atoms with Gasteiger partial charge in [0.15, 0.2) is 0 Å². The number of hydrogen-bond acceptors (Lipinski definition) is 6. The molecule has 0 spiro atoms. The van der Waals surface area contributed by atoms with Crippen LogP contribution < -0.4 is 15.7 Å². The number of amides is 1. The highest BCUT2D eigenvalue weighted by molar-refractivity contribution is 6.30. The molecule has 9 heteroatoms. The van der Waals surface area contributed by atoms with Crippen molar-refractivity contribution in [3.63, 3.8) is 0 Å². The van der Waals surface area contributed by atoms with Crippen molar-refractivity contribution in [2.24, 2.45) is 0 Å². The summed E-state index contributed by atoms with van der Waals surface area (Å²) in [4.78, 5) is 37.1. The molecule has 0 saturated carbocycles. The summed E-state index contributed by atoms with van der Waals surface area (Å²) in [5.74, 6) is 0.332. The Morgan fingerprint density at radius 3 is 2.55 bits per heavy atom. The summed E-state index contributed by atoms with van der Waals surface area (Å²) in [7, 11) is 1.42. The first-order chi connectivity index (χ1) is 14.6. The highest BCUT2D eigenvalue weighted by Crippen LogP contribution is 2.24. The van der Waals surface area contributed by atoms with Crippen molar-refractivity contribution in [1.29, 1.82) is 0 Å². The number of ether oxygens (including phenoxy) is 1. The third-order valence-electron chi connectivity index (χ3n) is 5.01. The molecular weight excluding hydrogens is 420 g/mol. The first-order valence-electron chi connectivity index (χ1n) is 10.3. The van der Waals surface area contributed by atoms with E-state index in [4.69, 9.17) is 21.2 Å². The van der Waals surface area contributed by atoms with Crippen molar-refractivity contribution >= 4 is 23.6 Å². The number of carbonyl (C=O) groups excluding carboxylic acids is 1. The van der Waals surface area contributed by atoms with Gasteiger partial charge in [0.2, 0.25) is 5.95 Å². The van der Waals surface area contributed by atoms with Crippen molar-refractivity contribution in [1.82, 2.24) is 14.6 Å². The summed E-state index contributed by atoms with van der Waals surface area (Å²) in [5, 5.41) is 3.98. The van der Waals surface area contributed by atoms with Gasteiger partial charge in [-0.2, -0.15) is 0 Å². The van der Waals surface area contributed by atoms with Gasteiger partial charge in [-0.05, 0) is 44.9 Å². The molecule has 1 N–H and O–H groups in total. The molecule has 0 radical (unpaired) electrons. The van der Waals surface area contributed by atoms with Crippen LogP contribution in [0.1, 0.15) is 57.0 Å². The molecule has 8 nitrogen and oxygen atoms in total. The SMILES string of the molecule is CC[C@@H](Nc1nc2c(c(=O)n1OC)CN(C(=O)OC(C)(C)C)CC2)c1ccc(Cl)cc1. The molecule has 0 fully saturated rings. The number of nitrogens with one attached hydrogen (secondary N) is 1. The van der Waals surface area contributed by atoms with E-state index >= 15 is 0 Å². The monoisotopic (exact) mass is 448 g/mol. The number of carbonyl (C=O) groups is 1. The molecule has 0 bridgehead atoms. The van der Waals surface area contributed by atoms with E-state index in [9.17, 15) is 9.59 Å². The zero-order valence-electron chi connectivity index (χ0n) is 18.6. The first kappa shape index (κ1) is 22.9. The lowest BCUT2D eigenvalue weighted by molar-refractivity contribution is 0.0219. The van der Waals surface area contributed by atoms with Crippen LogP contribution in [0.5, 0.6) is 0 Å². The van der Waals surface area contributed by atoms with E-state index in [0.29, 0.717) is 35.2 Å². The number of benzene rings is 1. The molecular formula is C22H29ClN4O4. The second kappa shape index (κ2) is 9.18. The molecule has 1 aliphatic rings. The number of aromatic nitrogens is 2. The van der Waals surface area contributed by atoms with Crippen LogP contribution in [0.25, 0.3) is 0 Å². The minimum Gasteiger partial charge on any atom is -0.444 e. The van der Waals surface area contributed by atoms with Gasteiger partial charge in [0.25, 0.3) is 5.56 Å². The van der Waals surface area contributed by atoms with Gasteiger partial charge in [0.05, 0.1) is 23.8 Å². The van der Waals surface area contributed by atoms with Gasteiger partial charge in [-0.25, -0.2) is 9.78 Å². The zero-order chi connectivity index (χ0) is 22.8. The molecule has 0 saturated heterocycles. The maximum Gasteiger partial charge on any atom is 0.410 e. The van der Waals surface area contributed by atoms with Crippen molar-refractivity contribution in [3.05, 3.63) is 56.5 Å². The molecule has 1 amide bonds. The Hall–Kier alpha value is -2.74. The van der Waals surface area contributed by atoms with Gasteiger partial charge < -0.3 is 19.8 Å². The van der Waals surface area contributed by atoms with Gasteiger partial charge in [0, 0.05) is 18.0 Å². The highest BCUT2D eigenvalue weighted by atomic mass is 35.5. The number of fused-ring (bicyclic) bond motifs is 1. The fourth-order valence-corrected chi connectivity index (χ4v) is 3.60. The van der Waals surface area contributed by atoms with Crippen LogP contribution in [-0.2, 0) is 17.7 Å². The number of hydrogen-bond donors (Lipinski definition) is 1. The van der Waals surface area contributed by atoms with Gasteiger partial charge in [-0.3, -0.25) is 4.79 Å². The van der Waals surface area contributed by atoms with Crippen LogP contribution in [0, 0.1) is 0 Å². The smallest absolute Gasteiger partial charge is 0.410 e. The van der Waals surface area contributed by atoms with E-state index in [0.717, 1.165) is 16.7 Å². The second-order valence-electron chi connectivity index (χ2n) is 8.45. The van der Waals surface area contributed by atoms with Crippen LogP contribution in [0.2, 0.25) is 5.02 Å². The fourth-order valence-electron chi connectivity index (χ4n) is 3.47. The standard InChI is InChI=1S/C22H29ClN4O4/c1-6-17(14-7-9-15(23)10-8-14)24-20-25-18-11-12-26(21(29)31-22(2,3)4)13-16(18)19(28)27(20)30-5/h7-10,17H,6,11-13H2,1-5H3,(H,24,25)/t17-/m1/s1. The summed E-state index contributed by atoms with van der Waals surface area (Å²) in [5.41, 5.74) is 1.18. The topological polar surface area (TPSA) is 85.7 Å². The summed E-state index contributed by atoms with van der Waals surface area (Å²) >= 11 is 6.00. The quantitative estimate of drug-likeness (QED) is 0.748. The predicted octanol–water partition coefficient (Wildman–Crippen LogP) is 3.81. The Bertz CT molecular complexity index is 998. The molecule has 168 valence electrons. The van der Waals surface area contributed by atoms with E-state index in [2.05, 4.69) is 10.3 Å². The predicted molar refractivity (Wildman–Crippen MR) is 119 cm³/mol. The van der Waals surface area contributed by atoms with Crippen molar-refractivity contribution in [3.8, 4) is 0 Å². The van der Waals surface area contributed by atoms with E-state index in [1.54, 1.807) is 0 Å². The molecule has 0 unspecified atom stereocenters. The van der Waals surface area contributed by atoms with Crippen LogP contribution >= 0.6 is 11.6 Å². The maximum atomic E-state index is 13.1. The normalized spacial score (nSPS) is 14.6. The lowest BCUT2D eigenvalue weighted by Crippen LogP contribution is -2.44. The van der Waals surface area contributed by atoms with Gasteiger partial charge in [-0.15, -0.1) is 4.73 Å². The Balaban J connectivity index is 1.89. The lowest BCUT2D eigenvalue weighted by Gasteiger charge is -2.31. The molecule has 2 aromatic rings. The molecule has 1 aromatic heterocycles. The van der Waals surface area contributed by atoms with Crippen LogP contribution in [0.3, 0.4) is 0 Å². The average Bonchev–Trinajstić information content (AvgIpc) is 2.71. The van der Waals surface area contributed by atoms with Crippen molar-refractivity contribution in [2.75, 3.05) is 19.0 Å². The molecule has 3 rings (SSSR count). The largest absolute Gasteiger partial charge is 0.444 e. The zero-order valence-corrected chi connectivity index (χ0v) is 19.3. The number of rotatable bonds is 5. The molecule has 31 heavy (non-hydrogen) atoms. The number of nitrogens with zero attached hydrogens (tertiary/aromatic N) is 3. The first-order valence-corrected chi connectivity index (χ1v) is 10.7. The van der Waals surface area contributed by atoms with Gasteiger partial charge in [0.1, 0.15) is 12.7 Å².